The molecule has 0 N–H and O–H groups in total. The Bertz CT molecular complexity index is 1030. The van der Waals surface area contributed by atoms with E-state index in [1.54, 1.807) is 11.8 Å². The molecular weight excluding hydrogens is 386 g/mol. The summed E-state index contributed by atoms with van der Waals surface area (Å²) in [6.45, 7) is 2.63. The SMILES string of the molecule is COc1ccc(OCc2nn(CN3CC=C(c4ccccc4)CC3)c(=S)o2)cc1. The molecule has 0 unspecified atom stereocenters. The van der Waals surface area contributed by atoms with E-state index < -0.39 is 0 Å². The minimum absolute atomic E-state index is 0.223. The molecule has 4 rings (SSSR count). The number of methoxy groups -OCH3 is 1. The smallest absolute Gasteiger partial charge is 0.288 e. The topological polar surface area (TPSA) is 52.7 Å². The molecule has 6 nitrogen and oxygen atoms in total. The van der Waals surface area contributed by atoms with E-state index in [1.165, 1.54) is 11.1 Å². The third-order valence-electron chi connectivity index (χ3n) is 4.84. The van der Waals surface area contributed by atoms with Crippen molar-refractivity contribution in [2.75, 3.05) is 20.2 Å². The van der Waals surface area contributed by atoms with E-state index in [1.807, 2.05) is 30.3 Å². The number of aromatic nitrogens is 2. The molecule has 2 heterocycles. The van der Waals surface area contributed by atoms with Crippen LogP contribution in [0, 0.1) is 4.84 Å². The highest BCUT2D eigenvalue weighted by Crippen LogP contribution is 2.22. The minimum Gasteiger partial charge on any atom is -0.497 e. The molecule has 0 saturated heterocycles. The van der Waals surface area contributed by atoms with Gasteiger partial charge in [0, 0.05) is 13.1 Å². The van der Waals surface area contributed by atoms with Gasteiger partial charge in [0.25, 0.3) is 10.7 Å². The summed E-state index contributed by atoms with van der Waals surface area (Å²) < 4.78 is 18.2. The Hall–Kier alpha value is -2.90. The van der Waals surface area contributed by atoms with Crippen molar-refractivity contribution in [3.63, 3.8) is 0 Å². The lowest BCUT2D eigenvalue weighted by Crippen LogP contribution is -2.31. The van der Waals surface area contributed by atoms with Crippen molar-refractivity contribution in [1.82, 2.24) is 14.7 Å². The molecule has 2 aromatic carbocycles. The van der Waals surface area contributed by atoms with Crippen molar-refractivity contribution in [2.24, 2.45) is 0 Å². The lowest BCUT2D eigenvalue weighted by molar-refractivity contribution is 0.223. The summed E-state index contributed by atoms with van der Waals surface area (Å²) in [7, 11) is 1.63. The Morgan fingerprint density at radius 1 is 1.07 bits per heavy atom. The Morgan fingerprint density at radius 2 is 1.83 bits per heavy atom. The Morgan fingerprint density at radius 3 is 2.52 bits per heavy atom. The van der Waals surface area contributed by atoms with E-state index in [0.29, 0.717) is 17.4 Å². The standard InChI is InChI=1S/C22H23N3O3S/c1-26-19-7-9-20(10-8-19)27-15-21-23-25(22(29)28-21)16-24-13-11-18(12-14-24)17-5-3-2-4-6-17/h2-11H,12-16H2,1H3. The van der Waals surface area contributed by atoms with E-state index in [9.17, 15) is 0 Å². The zero-order valence-electron chi connectivity index (χ0n) is 16.3. The van der Waals surface area contributed by atoms with Crippen LogP contribution in [0.2, 0.25) is 0 Å². The zero-order valence-corrected chi connectivity index (χ0v) is 17.1. The molecular formula is C22H23N3O3S. The van der Waals surface area contributed by atoms with Crippen LogP contribution in [0.25, 0.3) is 5.57 Å². The van der Waals surface area contributed by atoms with Gasteiger partial charge < -0.3 is 13.9 Å². The average Bonchev–Trinajstić information content (AvgIpc) is 3.13. The number of hydrogen-bond donors (Lipinski definition) is 0. The summed E-state index contributed by atoms with van der Waals surface area (Å²) in [6, 6.07) is 17.9. The van der Waals surface area contributed by atoms with Crippen LogP contribution in [0.4, 0.5) is 0 Å². The molecule has 0 atom stereocenters. The fourth-order valence-corrected chi connectivity index (χ4v) is 3.45. The number of nitrogens with zero attached hydrogens (tertiary/aromatic N) is 3. The maximum Gasteiger partial charge on any atom is 0.288 e. The van der Waals surface area contributed by atoms with Crippen LogP contribution in [0.1, 0.15) is 17.9 Å². The lowest BCUT2D eigenvalue weighted by Gasteiger charge is -2.25. The maximum atomic E-state index is 5.72. The summed E-state index contributed by atoms with van der Waals surface area (Å²) in [6.07, 6.45) is 3.28. The Balaban J connectivity index is 1.34. The molecule has 7 heteroatoms. The average molecular weight is 410 g/mol. The van der Waals surface area contributed by atoms with Crippen LogP contribution in [0.3, 0.4) is 0 Å². The number of hydrogen-bond acceptors (Lipinski definition) is 6. The van der Waals surface area contributed by atoms with Crippen LogP contribution < -0.4 is 9.47 Å². The van der Waals surface area contributed by atoms with Crippen molar-refractivity contribution in [2.45, 2.75) is 19.7 Å². The molecule has 0 bridgehead atoms. The fourth-order valence-electron chi connectivity index (χ4n) is 3.26. The largest absolute Gasteiger partial charge is 0.497 e. The first-order valence-electron chi connectivity index (χ1n) is 9.52. The van der Waals surface area contributed by atoms with Crippen molar-refractivity contribution < 1.29 is 13.9 Å². The highest BCUT2D eigenvalue weighted by Gasteiger charge is 2.15. The van der Waals surface area contributed by atoms with Crippen LogP contribution >= 0.6 is 12.2 Å². The van der Waals surface area contributed by atoms with E-state index in [4.69, 9.17) is 26.1 Å². The molecule has 0 fully saturated rings. The first-order chi connectivity index (χ1) is 14.2. The van der Waals surface area contributed by atoms with Gasteiger partial charge in [-0.25, -0.2) is 4.68 Å². The van der Waals surface area contributed by atoms with E-state index in [-0.39, 0.29) is 6.61 Å². The number of rotatable bonds is 7. The van der Waals surface area contributed by atoms with Gasteiger partial charge in [0.05, 0.1) is 13.8 Å². The Kier molecular flexibility index (Phi) is 6.07. The summed E-state index contributed by atoms with van der Waals surface area (Å²) in [5.41, 5.74) is 2.68. The maximum absolute atomic E-state index is 5.72. The van der Waals surface area contributed by atoms with Crippen LogP contribution in [-0.4, -0.2) is 34.9 Å². The zero-order chi connectivity index (χ0) is 20.1. The van der Waals surface area contributed by atoms with E-state index in [0.717, 1.165) is 31.0 Å². The quantitative estimate of drug-likeness (QED) is 0.534. The predicted molar refractivity (Wildman–Crippen MR) is 113 cm³/mol. The highest BCUT2D eigenvalue weighted by atomic mass is 32.1. The van der Waals surface area contributed by atoms with Gasteiger partial charge in [-0.3, -0.25) is 4.90 Å². The van der Waals surface area contributed by atoms with Gasteiger partial charge in [-0.2, -0.15) is 0 Å². The second kappa shape index (κ2) is 9.07. The summed E-state index contributed by atoms with van der Waals surface area (Å²) in [5, 5.41) is 4.46. The molecule has 1 aliphatic heterocycles. The first kappa shape index (κ1) is 19.4. The van der Waals surface area contributed by atoms with Crippen LogP contribution in [0.5, 0.6) is 11.5 Å². The van der Waals surface area contributed by atoms with Gasteiger partial charge in [-0.05, 0) is 54.0 Å². The van der Waals surface area contributed by atoms with Crippen LogP contribution in [-0.2, 0) is 13.3 Å². The molecule has 0 saturated carbocycles. The molecule has 0 spiro atoms. The molecule has 0 radical (unpaired) electrons. The molecule has 0 aliphatic carbocycles. The van der Waals surface area contributed by atoms with Gasteiger partial charge in [0.1, 0.15) is 11.5 Å². The van der Waals surface area contributed by atoms with Gasteiger partial charge in [-0.15, -0.1) is 5.10 Å². The van der Waals surface area contributed by atoms with Crippen LogP contribution in [0.15, 0.2) is 65.1 Å². The van der Waals surface area contributed by atoms with Crippen molar-refractivity contribution in [3.05, 3.63) is 77.0 Å². The minimum atomic E-state index is 0.223. The molecule has 3 aromatic rings. The monoisotopic (exact) mass is 409 g/mol. The van der Waals surface area contributed by atoms with E-state index >= 15 is 0 Å². The molecule has 150 valence electrons. The van der Waals surface area contributed by atoms with Gasteiger partial charge in [0.2, 0.25) is 0 Å². The predicted octanol–water partition coefficient (Wildman–Crippen LogP) is 4.54. The van der Waals surface area contributed by atoms with Crippen molar-refractivity contribution in [1.29, 1.82) is 0 Å². The normalized spacial score (nSPS) is 14.4. The fraction of sp³-hybridized carbons (Fsp3) is 0.273. The molecule has 1 aromatic heterocycles. The lowest BCUT2D eigenvalue weighted by atomic mass is 10.00. The summed E-state index contributed by atoms with van der Waals surface area (Å²) in [5.74, 6) is 1.96. The first-order valence-corrected chi connectivity index (χ1v) is 9.92. The molecule has 0 amide bonds. The van der Waals surface area contributed by atoms with E-state index in [2.05, 4.69) is 40.3 Å². The summed E-state index contributed by atoms with van der Waals surface area (Å²) >= 11 is 5.32. The van der Waals surface area contributed by atoms with Gasteiger partial charge in [0.15, 0.2) is 6.61 Å². The Labute approximate surface area is 175 Å². The third kappa shape index (κ3) is 4.93. The molecule has 1 aliphatic rings. The van der Waals surface area contributed by atoms with Gasteiger partial charge >= 0.3 is 0 Å². The molecule has 29 heavy (non-hydrogen) atoms. The summed E-state index contributed by atoms with van der Waals surface area (Å²) in [4.78, 5) is 2.65. The number of ether oxygens (including phenoxy) is 2. The second-order valence-electron chi connectivity index (χ2n) is 6.79. The number of benzene rings is 2. The second-order valence-corrected chi connectivity index (χ2v) is 7.14. The van der Waals surface area contributed by atoms with Crippen molar-refractivity contribution in [3.8, 4) is 11.5 Å². The van der Waals surface area contributed by atoms with Gasteiger partial charge in [-0.1, -0.05) is 36.4 Å². The third-order valence-corrected chi connectivity index (χ3v) is 5.14. The van der Waals surface area contributed by atoms with Crippen molar-refractivity contribution >= 4 is 17.8 Å². The highest BCUT2D eigenvalue weighted by molar-refractivity contribution is 7.71.